The molecule has 2 aromatic carbocycles. The van der Waals surface area contributed by atoms with Gasteiger partial charge in [0, 0.05) is 38.4 Å². The summed E-state index contributed by atoms with van der Waals surface area (Å²) < 4.78 is 67.8. The van der Waals surface area contributed by atoms with Gasteiger partial charge in [0.2, 0.25) is 5.75 Å². The highest BCUT2D eigenvalue weighted by molar-refractivity contribution is 6.04. The first-order valence-electron chi connectivity index (χ1n) is 12.9. The fourth-order valence-corrected chi connectivity index (χ4v) is 4.62. The van der Waals surface area contributed by atoms with Gasteiger partial charge < -0.3 is 25.0 Å². The summed E-state index contributed by atoms with van der Waals surface area (Å²) in [5.41, 5.74) is -1.25. The summed E-state index contributed by atoms with van der Waals surface area (Å²) in [7, 11) is 0. The highest BCUT2D eigenvalue weighted by atomic mass is 19.4. The van der Waals surface area contributed by atoms with Crippen molar-refractivity contribution in [3.8, 4) is 17.4 Å². The van der Waals surface area contributed by atoms with Gasteiger partial charge in [-0.25, -0.2) is 9.37 Å². The second kappa shape index (κ2) is 11.6. The lowest BCUT2D eigenvalue weighted by Crippen LogP contribution is -2.45. The number of ether oxygens (including phenoxy) is 2. The topological polar surface area (TPSA) is 91.9 Å². The predicted octanol–water partition coefficient (Wildman–Crippen LogP) is 4.62. The summed E-state index contributed by atoms with van der Waals surface area (Å²) in [6, 6.07) is 7.09. The molecule has 2 N–H and O–H groups in total. The Bertz CT molecular complexity index is 1380. The fourth-order valence-electron chi connectivity index (χ4n) is 4.62. The number of likely N-dealkylation sites (N-methyl/N-ethyl adjacent to an activating group) is 1. The zero-order valence-corrected chi connectivity index (χ0v) is 21.7. The monoisotopic (exact) mass is 560 g/mol. The number of benzene rings is 2. The molecule has 13 heteroatoms. The Labute approximate surface area is 228 Å². The number of rotatable bonds is 7. The highest BCUT2D eigenvalue weighted by Crippen LogP contribution is 2.37. The summed E-state index contributed by atoms with van der Waals surface area (Å²) in [6.07, 6.45) is -3.37. The van der Waals surface area contributed by atoms with Crippen LogP contribution in [0.15, 0.2) is 42.7 Å². The number of nitrogens with zero attached hydrogens (tertiary/aromatic N) is 4. The molecule has 2 aliphatic rings. The Morgan fingerprint density at radius 3 is 2.62 bits per heavy atom. The zero-order chi connectivity index (χ0) is 28.3. The molecule has 9 nitrogen and oxygen atoms in total. The molecule has 0 spiro atoms. The van der Waals surface area contributed by atoms with Crippen molar-refractivity contribution in [3.05, 3.63) is 65.2 Å². The van der Waals surface area contributed by atoms with Gasteiger partial charge in [-0.15, -0.1) is 0 Å². The summed E-state index contributed by atoms with van der Waals surface area (Å²) in [4.78, 5) is 25.3. The van der Waals surface area contributed by atoms with E-state index in [1.807, 2.05) is 4.90 Å². The van der Waals surface area contributed by atoms with Gasteiger partial charge in [0.05, 0.1) is 17.7 Å². The molecule has 0 radical (unpaired) electrons. The molecule has 0 atom stereocenters. The minimum absolute atomic E-state index is 0.0664. The van der Waals surface area contributed by atoms with Gasteiger partial charge in [0.1, 0.15) is 24.5 Å². The Morgan fingerprint density at radius 2 is 1.88 bits per heavy atom. The largest absolute Gasteiger partial charge is 0.483 e. The van der Waals surface area contributed by atoms with Crippen LogP contribution in [0.5, 0.6) is 17.4 Å². The van der Waals surface area contributed by atoms with Crippen molar-refractivity contribution in [2.45, 2.75) is 19.6 Å². The molecule has 0 aliphatic carbocycles. The number of nitrogens with one attached hydrogen (secondary N) is 2. The van der Waals surface area contributed by atoms with Crippen LogP contribution < -0.4 is 20.1 Å². The average molecular weight is 561 g/mol. The minimum atomic E-state index is -4.63. The fraction of sp³-hybridized carbons (Fsp3) is 0.370. The van der Waals surface area contributed by atoms with Crippen molar-refractivity contribution in [3.63, 3.8) is 0 Å². The van der Waals surface area contributed by atoms with Gasteiger partial charge in [0.25, 0.3) is 11.8 Å². The Hall–Kier alpha value is -3.97. The maximum atomic E-state index is 14.6. The number of carbonyl (C=O) groups is 1. The molecule has 2 aliphatic heterocycles. The van der Waals surface area contributed by atoms with E-state index in [1.165, 1.54) is 24.5 Å². The van der Waals surface area contributed by atoms with Crippen LogP contribution in [0.3, 0.4) is 0 Å². The third-order valence-electron chi connectivity index (χ3n) is 6.79. The second-order valence-corrected chi connectivity index (χ2v) is 9.41. The maximum absolute atomic E-state index is 14.6. The van der Waals surface area contributed by atoms with E-state index < -0.39 is 29.0 Å². The van der Waals surface area contributed by atoms with Gasteiger partial charge in [-0.2, -0.15) is 18.2 Å². The quantitative estimate of drug-likeness (QED) is 0.405. The predicted molar refractivity (Wildman–Crippen MR) is 139 cm³/mol. The molecular weight excluding hydrogens is 532 g/mol. The van der Waals surface area contributed by atoms with Gasteiger partial charge >= 0.3 is 6.18 Å². The average Bonchev–Trinajstić information content (AvgIpc) is 2.95. The van der Waals surface area contributed by atoms with E-state index in [2.05, 4.69) is 32.4 Å². The van der Waals surface area contributed by atoms with Gasteiger partial charge in [-0.3, -0.25) is 9.69 Å². The van der Waals surface area contributed by atoms with Crippen LogP contribution in [0.25, 0.3) is 0 Å². The molecule has 1 amide bonds. The SMILES string of the molecule is CCN1CCN(Cc2ccc(NC(=O)c3cc(Oc4ncnc5c4OCCN5)ccc3F)cc2C(F)(F)F)CC1. The molecule has 40 heavy (non-hydrogen) atoms. The molecule has 1 saturated heterocycles. The van der Waals surface area contributed by atoms with Crippen molar-refractivity contribution in [2.24, 2.45) is 0 Å². The molecule has 0 saturated carbocycles. The van der Waals surface area contributed by atoms with Crippen LogP contribution in [0, 0.1) is 5.82 Å². The number of piperazine rings is 1. The molecule has 0 bridgehead atoms. The van der Waals surface area contributed by atoms with Crippen molar-refractivity contribution in [2.75, 3.05) is 56.5 Å². The molecule has 212 valence electrons. The third kappa shape index (κ3) is 6.26. The molecule has 3 heterocycles. The number of fused-ring (bicyclic) bond motifs is 1. The van der Waals surface area contributed by atoms with E-state index in [0.29, 0.717) is 32.1 Å². The van der Waals surface area contributed by atoms with E-state index in [4.69, 9.17) is 9.47 Å². The first-order chi connectivity index (χ1) is 19.2. The van der Waals surface area contributed by atoms with Crippen molar-refractivity contribution < 1.29 is 31.8 Å². The number of hydrogen-bond donors (Lipinski definition) is 2. The smallest absolute Gasteiger partial charge is 0.416 e. The molecular formula is C27H28F4N6O3. The first-order valence-corrected chi connectivity index (χ1v) is 12.9. The lowest BCUT2D eigenvalue weighted by Gasteiger charge is -2.34. The Kier molecular flexibility index (Phi) is 8.03. The van der Waals surface area contributed by atoms with Crippen LogP contribution in [-0.4, -0.2) is 71.6 Å². The first kappa shape index (κ1) is 27.6. The van der Waals surface area contributed by atoms with Gasteiger partial charge in [-0.1, -0.05) is 13.0 Å². The van der Waals surface area contributed by atoms with E-state index in [-0.39, 0.29) is 35.2 Å². The minimum Gasteiger partial charge on any atom is -0.483 e. The lowest BCUT2D eigenvalue weighted by molar-refractivity contribution is -0.138. The van der Waals surface area contributed by atoms with Gasteiger partial charge in [-0.05, 0) is 42.4 Å². The molecule has 1 aromatic heterocycles. The number of aromatic nitrogens is 2. The van der Waals surface area contributed by atoms with E-state index in [0.717, 1.165) is 37.8 Å². The zero-order valence-electron chi connectivity index (χ0n) is 21.7. The molecule has 5 rings (SSSR count). The number of halogens is 4. The van der Waals surface area contributed by atoms with Crippen molar-refractivity contribution in [1.82, 2.24) is 19.8 Å². The van der Waals surface area contributed by atoms with Crippen LogP contribution in [0.2, 0.25) is 0 Å². The number of anilines is 2. The Morgan fingerprint density at radius 1 is 1.10 bits per heavy atom. The second-order valence-electron chi connectivity index (χ2n) is 9.41. The van der Waals surface area contributed by atoms with Crippen molar-refractivity contribution >= 4 is 17.4 Å². The van der Waals surface area contributed by atoms with Gasteiger partial charge in [0.15, 0.2) is 5.82 Å². The highest BCUT2D eigenvalue weighted by Gasteiger charge is 2.34. The van der Waals surface area contributed by atoms with E-state index in [9.17, 15) is 22.4 Å². The number of carbonyl (C=O) groups excluding carboxylic acids is 1. The van der Waals surface area contributed by atoms with E-state index >= 15 is 0 Å². The van der Waals surface area contributed by atoms with Crippen LogP contribution >= 0.6 is 0 Å². The third-order valence-corrected chi connectivity index (χ3v) is 6.79. The molecule has 0 unspecified atom stereocenters. The number of hydrogen-bond acceptors (Lipinski definition) is 8. The normalized spacial score (nSPS) is 16.0. The Balaban J connectivity index is 1.33. The number of alkyl halides is 3. The van der Waals surface area contributed by atoms with Crippen molar-refractivity contribution in [1.29, 1.82) is 0 Å². The van der Waals surface area contributed by atoms with Crippen LogP contribution in [0.4, 0.5) is 29.1 Å². The summed E-state index contributed by atoms with van der Waals surface area (Å²) in [6.45, 7) is 6.94. The standard InChI is InChI=1S/C27H28F4N6O3/c1-2-36-8-10-37(11-9-36)15-17-3-4-18(13-21(17)27(29,30)31)35-25(38)20-14-19(5-6-22(20)28)40-26-23-24(33-16-34-26)32-7-12-39-23/h3-6,13-14,16H,2,7-12,15H2,1H3,(H,35,38)(H,32,33,34). The molecule has 1 fully saturated rings. The van der Waals surface area contributed by atoms with Crippen LogP contribution in [-0.2, 0) is 12.7 Å². The maximum Gasteiger partial charge on any atom is 0.416 e. The summed E-state index contributed by atoms with van der Waals surface area (Å²) >= 11 is 0. The lowest BCUT2D eigenvalue weighted by atomic mass is 10.0. The van der Waals surface area contributed by atoms with Crippen LogP contribution in [0.1, 0.15) is 28.4 Å². The number of amides is 1. The molecule has 3 aromatic rings. The summed E-state index contributed by atoms with van der Waals surface area (Å²) in [5, 5.41) is 5.42. The van der Waals surface area contributed by atoms with E-state index in [1.54, 1.807) is 0 Å². The summed E-state index contributed by atoms with van der Waals surface area (Å²) in [5.74, 6) is -0.944.